The van der Waals surface area contributed by atoms with Gasteiger partial charge in [-0.25, -0.2) is 14.4 Å². The molecule has 3 rings (SSSR count). The molecule has 0 unspecified atom stereocenters. The molecule has 1 aromatic carbocycles. The molecule has 0 aliphatic heterocycles. The van der Waals surface area contributed by atoms with E-state index >= 15 is 0 Å². The molecular formula is C13H11BrFN5O. The Balaban J connectivity index is 2.36. The zero-order chi connectivity index (χ0) is 15.1. The molecule has 0 spiro atoms. The Morgan fingerprint density at radius 2 is 2.10 bits per heavy atom. The van der Waals surface area contributed by atoms with Crippen LogP contribution in [-0.2, 0) is 0 Å². The number of aromatic nitrogens is 4. The van der Waals surface area contributed by atoms with Crippen molar-refractivity contribution in [2.24, 2.45) is 0 Å². The van der Waals surface area contributed by atoms with E-state index in [1.54, 1.807) is 17.6 Å². The number of nitrogens with two attached hydrogens (primary N) is 1. The summed E-state index contributed by atoms with van der Waals surface area (Å²) in [6.07, 6.45) is 1.37. The van der Waals surface area contributed by atoms with E-state index in [4.69, 9.17) is 10.5 Å². The highest BCUT2D eigenvalue weighted by molar-refractivity contribution is 9.10. The van der Waals surface area contributed by atoms with E-state index in [1.165, 1.54) is 19.5 Å². The predicted molar refractivity (Wildman–Crippen MR) is 80.0 cm³/mol. The Bertz CT molecular complexity index is 848. The number of hydrogen-bond acceptors (Lipinski definition) is 5. The van der Waals surface area contributed by atoms with Gasteiger partial charge in [0.05, 0.1) is 17.3 Å². The van der Waals surface area contributed by atoms with Gasteiger partial charge in [0, 0.05) is 0 Å². The Hall–Kier alpha value is -2.22. The molecule has 2 N–H and O–H groups in total. The van der Waals surface area contributed by atoms with Crippen LogP contribution in [0.25, 0.3) is 16.9 Å². The zero-order valence-electron chi connectivity index (χ0n) is 11.3. The van der Waals surface area contributed by atoms with Crippen LogP contribution in [0.15, 0.2) is 22.9 Å². The standard InChI is InChI=1S/C13H11BrFN5O/c1-6-3-8(15)7(14)4-9(6)20-11-10(19-13(20)16)12(21-2)18-5-17-11/h3-5H,1-2H3,(H2,16,19). The minimum Gasteiger partial charge on any atom is -0.479 e. The van der Waals surface area contributed by atoms with Crippen molar-refractivity contribution in [1.82, 2.24) is 19.5 Å². The fourth-order valence-electron chi connectivity index (χ4n) is 2.15. The van der Waals surface area contributed by atoms with E-state index in [9.17, 15) is 4.39 Å². The van der Waals surface area contributed by atoms with Gasteiger partial charge in [-0.3, -0.25) is 4.57 Å². The maximum absolute atomic E-state index is 13.6. The van der Waals surface area contributed by atoms with E-state index in [2.05, 4.69) is 30.9 Å². The van der Waals surface area contributed by atoms with Crippen LogP contribution in [0.5, 0.6) is 5.88 Å². The second-order valence-corrected chi connectivity index (χ2v) is 5.27. The van der Waals surface area contributed by atoms with E-state index < -0.39 is 0 Å². The van der Waals surface area contributed by atoms with Gasteiger partial charge in [-0.2, -0.15) is 4.98 Å². The maximum Gasteiger partial charge on any atom is 0.245 e. The van der Waals surface area contributed by atoms with Crippen molar-refractivity contribution >= 4 is 33.0 Å². The number of anilines is 1. The largest absolute Gasteiger partial charge is 0.479 e. The fraction of sp³-hybridized carbons (Fsp3) is 0.154. The monoisotopic (exact) mass is 351 g/mol. The number of nitrogens with zero attached hydrogens (tertiary/aromatic N) is 4. The molecule has 2 heterocycles. The predicted octanol–water partition coefficient (Wildman–Crippen LogP) is 2.62. The summed E-state index contributed by atoms with van der Waals surface area (Å²) < 4.78 is 20.7. The van der Waals surface area contributed by atoms with Crippen molar-refractivity contribution in [3.63, 3.8) is 0 Å². The first-order valence-electron chi connectivity index (χ1n) is 6.02. The third-order valence-corrected chi connectivity index (χ3v) is 3.72. The van der Waals surface area contributed by atoms with E-state index in [1.807, 2.05) is 0 Å². The van der Waals surface area contributed by atoms with Gasteiger partial charge >= 0.3 is 0 Å². The highest BCUT2D eigenvalue weighted by Gasteiger charge is 2.18. The Morgan fingerprint density at radius 3 is 2.81 bits per heavy atom. The van der Waals surface area contributed by atoms with E-state index in [0.29, 0.717) is 32.8 Å². The summed E-state index contributed by atoms with van der Waals surface area (Å²) in [5, 5.41) is 0. The van der Waals surface area contributed by atoms with Crippen molar-refractivity contribution in [2.45, 2.75) is 6.92 Å². The van der Waals surface area contributed by atoms with Gasteiger partial charge in [0.15, 0.2) is 11.2 Å². The number of rotatable bonds is 2. The minimum atomic E-state index is -0.341. The maximum atomic E-state index is 13.6. The van der Waals surface area contributed by atoms with Gasteiger partial charge in [0.1, 0.15) is 12.1 Å². The van der Waals surface area contributed by atoms with Crippen molar-refractivity contribution in [2.75, 3.05) is 12.8 Å². The molecule has 0 atom stereocenters. The normalized spacial score (nSPS) is 11.0. The molecule has 3 aromatic rings. The number of imidazole rings is 1. The SMILES string of the molecule is COc1ncnc2c1nc(N)n2-c1cc(Br)c(F)cc1C. The molecule has 0 saturated carbocycles. The molecule has 0 radical (unpaired) electrons. The lowest BCUT2D eigenvalue weighted by atomic mass is 10.2. The molecule has 0 bridgehead atoms. The highest BCUT2D eigenvalue weighted by Crippen LogP contribution is 2.30. The Labute approximate surface area is 127 Å². The number of benzene rings is 1. The number of halogens is 2. The number of fused-ring (bicyclic) bond motifs is 1. The molecule has 8 heteroatoms. The van der Waals surface area contributed by atoms with Crippen molar-refractivity contribution in [3.05, 3.63) is 34.3 Å². The van der Waals surface area contributed by atoms with Crippen LogP contribution in [0, 0.1) is 12.7 Å². The number of methoxy groups -OCH3 is 1. The third-order valence-electron chi connectivity index (χ3n) is 3.11. The quantitative estimate of drug-likeness (QED) is 0.767. The summed E-state index contributed by atoms with van der Waals surface area (Å²) in [6.45, 7) is 1.79. The van der Waals surface area contributed by atoms with Crippen LogP contribution in [0.4, 0.5) is 10.3 Å². The Morgan fingerprint density at radius 1 is 1.33 bits per heavy atom. The lowest BCUT2D eigenvalue weighted by Crippen LogP contribution is -2.04. The molecule has 0 amide bonds. The summed E-state index contributed by atoms with van der Waals surface area (Å²) in [5.41, 5.74) is 8.33. The minimum absolute atomic E-state index is 0.227. The first-order chi connectivity index (χ1) is 10.0. The van der Waals surface area contributed by atoms with Gasteiger partial charge in [-0.05, 0) is 40.5 Å². The summed E-state index contributed by atoms with van der Waals surface area (Å²) in [6, 6.07) is 3.06. The fourth-order valence-corrected chi connectivity index (χ4v) is 2.48. The van der Waals surface area contributed by atoms with Crippen molar-refractivity contribution in [3.8, 4) is 11.6 Å². The topological polar surface area (TPSA) is 78.8 Å². The second-order valence-electron chi connectivity index (χ2n) is 4.41. The highest BCUT2D eigenvalue weighted by atomic mass is 79.9. The molecule has 0 aliphatic rings. The molecule has 0 aliphatic carbocycles. The molecule has 0 fully saturated rings. The van der Waals surface area contributed by atoms with Crippen LogP contribution in [0.1, 0.15) is 5.56 Å². The van der Waals surface area contributed by atoms with Gasteiger partial charge in [0.25, 0.3) is 0 Å². The first kappa shape index (κ1) is 13.7. The van der Waals surface area contributed by atoms with E-state index in [0.717, 1.165) is 0 Å². The average Bonchev–Trinajstić information content (AvgIpc) is 2.79. The summed E-state index contributed by atoms with van der Waals surface area (Å²) in [7, 11) is 1.50. The summed E-state index contributed by atoms with van der Waals surface area (Å²) in [5.74, 6) is 0.223. The second kappa shape index (κ2) is 4.96. The Kier molecular flexibility index (Phi) is 3.25. The van der Waals surface area contributed by atoms with Crippen LogP contribution >= 0.6 is 15.9 Å². The van der Waals surface area contributed by atoms with Gasteiger partial charge in [-0.15, -0.1) is 0 Å². The van der Waals surface area contributed by atoms with Crippen LogP contribution < -0.4 is 10.5 Å². The van der Waals surface area contributed by atoms with Crippen LogP contribution in [-0.4, -0.2) is 26.6 Å². The molecule has 21 heavy (non-hydrogen) atoms. The number of hydrogen-bond donors (Lipinski definition) is 1. The van der Waals surface area contributed by atoms with Crippen molar-refractivity contribution < 1.29 is 9.13 Å². The van der Waals surface area contributed by atoms with Gasteiger partial charge in [0.2, 0.25) is 11.8 Å². The summed E-state index contributed by atoms with van der Waals surface area (Å²) in [4.78, 5) is 12.4. The third kappa shape index (κ3) is 2.11. The molecule has 0 saturated heterocycles. The molecule has 2 aromatic heterocycles. The molecule has 6 nitrogen and oxygen atoms in total. The lowest BCUT2D eigenvalue weighted by Gasteiger charge is -2.10. The number of ether oxygens (including phenoxy) is 1. The van der Waals surface area contributed by atoms with Crippen LogP contribution in [0.2, 0.25) is 0 Å². The molecule has 108 valence electrons. The van der Waals surface area contributed by atoms with Crippen LogP contribution in [0.3, 0.4) is 0 Å². The van der Waals surface area contributed by atoms with E-state index in [-0.39, 0.29) is 11.8 Å². The molecular weight excluding hydrogens is 341 g/mol. The summed E-state index contributed by atoms with van der Waals surface area (Å²) >= 11 is 3.18. The van der Waals surface area contributed by atoms with Gasteiger partial charge in [-0.1, -0.05) is 0 Å². The first-order valence-corrected chi connectivity index (χ1v) is 6.81. The smallest absolute Gasteiger partial charge is 0.245 e. The van der Waals surface area contributed by atoms with Gasteiger partial charge < -0.3 is 10.5 Å². The number of nitrogen functional groups attached to an aromatic ring is 1. The lowest BCUT2D eigenvalue weighted by molar-refractivity contribution is 0.401. The van der Waals surface area contributed by atoms with Crippen molar-refractivity contribution in [1.29, 1.82) is 0 Å². The average molecular weight is 352 g/mol. The zero-order valence-corrected chi connectivity index (χ0v) is 12.8. The number of aryl methyl sites for hydroxylation is 1.